The van der Waals surface area contributed by atoms with Gasteiger partial charge in [-0.15, -0.1) is 12.3 Å². The first-order valence-electron chi connectivity index (χ1n) is 5.39. The first kappa shape index (κ1) is 12.4. The Balaban J connectivity index is 2.22. The number of rotatable bonds is 6. The van der Waals surface area contributed by atoms with Gasteiger partial charge in [0.25, 0.3) is 0 Å². The van der Waals surface area contributed by atoms with Crippen molar-refractivity contribution < 1.29 is 10.2 Å². The molecule has 3 nitrogen and oxygen atoms in total. The van der Waals surface area contributed by atoms with Crippen LogP contribution in [0.4, 0.5) is 0 Å². The minimum absolute atomic E-state index is 0.0650. The Labute approximate surface area is 96.1 Å². The summed E-state index contributed by atoms with van der Waals surface area (Å²) in [6, 6.07) is 4.89. The molecule has 0 heterocycles. The molecule has 1 aromatic rings. The Hall–Kier alpha value is -1.66. The molecule has 0 saturated carbocycles. The van der Waals surface area contributed by atoms with Crippen molar-refractivity contribution in [3.05, 3.63) is 23.8 Å². The SMILES string of the molecule is C#CCCCNCCc1ccc(O)c(O)c1. The molecule has 0 saturated heterocycles. The van der Waals surface area contributed by atoms with Crippen molar-refractivity contribution in [2.45, 2.75) is 19.3 Å². The number of unbranched alkanes of at least 4 members (excludes halogenated alkanes) is 1. The summed E-state index contributed by atoms with van der Waals surface area (Å²) in [7, 11) is 0. The molecule has 0 spiro atoms. The maximum atomic E-state index is 9.28. The number of nitrogens with one attached hydrogen (secondary N) is 1. The highest BCUT2D eigenvalue weighted by Crippen LogP contribution is 2.24. The molecule has 0 aliphatic rings. The van der Waals surface area contributed by atoms with Crippen molar-refractivity contribution in [2.75, 3.05) is 13.1 Å². The summed E-state index contributed by atoms with van der Waals surface area (Å²) < 4.78 is 0. The van der Waals surface area contributed by atoms with Crippen molar-refractivity contribution in [1.29, 1.82) is 0 Å². The van der Waals surface area contributed by atoms with Gasteiger partial charge in [-0.05, 0) is 43.6 Å². The van der Waals surface area contributed by atoms with E-state index in [4.69, 9.17) is 11.5 Å². The molecule has 3 N–H and O–H groups in total. The Morgan fingerprint density at radius 2 is 2.00 bits per heavy atom. The Bertz CT molecular complexity index is 369. The third-order valence-corrected chi connectivity index (χ3v) is 2.30. The maximum Gasteiger partial charge on any atom is 0.157 e. The van der Waals surface area contributed by atoms with E-state index in [0.29, 0.717) is 0 Å². The zero-order valence-corrected chi connectivity index (χ0v) is 9.24. The predicted octanol–water partition coefficient (Wildman–Crippen LogP) is 1.64. The van der Waals surface area contributed by atoms with Crippen LogP contribution in [0.1, 0.15) is 18.4 Å². The normalized spacial score (nSPS) is 9.94. The van der Waals surface area contributed by atoms with E-state index in [1.807, 2.05) is 0 Å². The average Bonchev–Trinajstić information content (AvgIpc) is 2.28. The fourth-order valence-corrected chi connectivity index (χ4v) is 1.40. The van der Waals surface area contributed by atoms with Crippen LogP contribution in [0.25, 0.3) is 0 Å². The van der Waals surface area contributed by atoms with E-state index in [-0.39, 0.29) is 11.5 Å². The fraction of sp³-hybridized carbons (Fsp3) is 0.385. The van der Waals surface area contributed by atoms with Crippen LogP contribution in [0.5, 0.6) is 11.5 Å². The van der Waals surface area contributed by atoms with Crippen molar-refractivity contribution in [1.82, 2.24) is 5.32 Å². The second-order valence-corrected chi connectivity index (χ2v) is 3.63. The number of terminal acetylenes is 1. The van der Waals surface area contributed by atoms with Crippen LogP contribution in [-0.4, -0.2) is 23.3 Å². The zero-order chi connectivity index (χ0) is 11.8. The van der Waals surface area contributed by atoms with E-state index in [9.17, 15) is 5.11 Å². The molecule has 3 heteroatoms. The Morgan fingerprint density at radius 3 is 2.69 bits per heavy atom. The monoisotopic (exact) mass is 219 g/mol. The van der Waals surface area contributed by atoms with Crippen LogP contribution in [0.2, 0.25) is 0 Å². The highest BCUT2D eigenvalue weighted by molar-refractivity contribution is 5.40. The van der Waals surface area contributed by atoms with Crippen LogP contribution in [0.15, 0.2) is 18.2 Å². The standard InChI is InChI=1S/C13H17NO2/c1-2-3-4-8-14-9-7-11-5-6-12(15)13(16)10-11/h1,5-6,10,14-16H,3-4,7-9H2. The summed E-state index contributed by atoms with van der Waals surface area (Å²) in [5.74, 6) is 2.45. The molecule has 0 aliphatic heterocycles. The first-order valence-corrected chi connectivity index (χ1v) is 5.39. The third-order valence-electron chi connectivity index (χ3n) is 2.30. The molecule has 0 fully saturated rings. The van der Waals surface area contributed by atoms with Crippen LogP contribution in [0, 0.1) is 12.3 Å². The number of aromatic hydroxyl groups is 2. The number of phenolic OH excluding ortho intramolecular Hbond substituents is 2. The van der Waals surface area contributed by atoms with Crippen LogP contribution in [-0.2, 0) is 6.42 Å². The largest absolute Gasteiger partial charge is 0.504 e. The van der Waals surface area contributed by atoms with Gasteiger partial charge in [0, 0.05) is 6.42 Å². The first-order chi connectivity index (χ1) is 7.74. The second kappa shape index (κ2) is 6.76. The lowest BCUT2D eigenvalue weighted by Gasteiger charge is -2.05. The lowest BCUT2D eigenvalue weighted by atomic mass is 10.1. The van der Waals surface area contributed by atoms with Gasteiger partial charge in [0.15, 0.2) is 11.5 Å². The van der Waals surface area contributed by atoms with Gasteiger partial charge in [-0.3, -0.25) is 0 Å². The molecule has 0 radical (unpaired) electrons. The molecule has 16 heavy (non-hydrogen) atoms. The van der Waals surface area contributed by atoms with Gasteiger partial charge in [-0.25, -0.2) is 0 Å². The fourth-order valence-electron chi connectivity index (χ4n) is 1.40. The summed E-state index contributed by atoms with van der Waals surface area (Å²) in [4.78, 5) is 0. The molecule has 0 atom stereocenters. The van der Waals surface area contributed by atoms with E-state index >= 15 is 0 Å². The summed E-state index contributed by atoms with van der Waals surface area (Å²) in [5.41, 5.74) is 1.000. The quantitative estimate of drug-likeness (QED) is 0.387. The summed E-state index contributed by atoms with van der Waals surface area (Å²) in [6.07, 6.45) is 7.74. The Kier molecular flexibility index (Phi) is 5.24. The molecule has 0 aliphatic carbocycles. The third kappa shape index (κ3) is 4.24. The van der Waals surface area contributed by atoms with Crippen LogP contribution >= 0.6 is 0 Å². The van der Waals surface area contributed by atoms with Gasteiger partial charge >= 0.3 is 0 Å². The molecule has 0 unspecified atom stereocenters. The molecular weight excluding hydrogens is 202 g/mol. The van der Waals surface area contributed by atoms with E-state index in [1.165, 1.54) is 6.07 Å². The minimum Gasteiger partial charge on any atom is -0.504 e. The average molecular weight is 219 g/mol. The molecule has 0 bridgehead atoms. The van der Waals surface area contributed by atoms with Gasteiger partial charge in [0.1, 0.15) is 0 Å². The lowest BCUT2D eigenvalue weighted by molar-refractivity contribution is 0.403. The predicted molar refractivity (Wildman–Crippen MR) is 64.4 cm³/mol. The van der Waals surface area contributed by atoms with Crippen LogP contribution < -0.4 is 5.32 Å². The molecule has 1 rings (SSSR count). The topological polar surface area (TPSA) is 52.5 Å². The smallest absolute Gasteiger partial charge is 0.157 e. The van der Waals surface area contributed by atoms with E-state index in [1.54, 1.807) is 12.1 Å². The minimum atomic E-state index is -0.0780. The summed E-state index contributed by atoms with van der Waals surface area (Å²) in [5, 5.41) is 21.7. The number of hydrogen-bond donors (Lipinski definition) is 3. The maximum absolute atomic E-state index is 9.28. The van der Waals surface area contributed by atoms with Crippen molar-refractivity contribution in [3.8, 4) is 23.8 Å². The number of hydrogen-bond acceptors (Lipinski definition) is 3. The van der Waals surface area contributed by atoms with Gasteiger partial charge in [0.2, 0.25) is 0 Å². The lowest BCUT2D eigenvalue weighted by Crippen LogP contribution is -2.18. The van der Waals surface area contributed by atoms with Crippen molar-refractivity contribution in [2.24, 2.45) is 0 Å². The van der Waals surface area contributed by atoms with Crippen molar-refractivity contribution in [3.63, 3.8) is 0 Å². The van der Waals surface area contributed by atoms with Gasteiger partial charge < -0.3 is 15.5 Å². The molecule has 0 amide bonds. The number of phenols is 2. The second-order valence-electron chi connectivity index (χ2n) is 3.63. The van der Waals surface area contributed by atoms with E-state index in [2.05, 4.69) is 11.2 Å². The summed E-state index contributed by atoms with van der Waals surface area (Å²) in [6.45, 7) is 1.75. The molecule has 0 aromatic heterocycles. The van der Waals surface area contributed by atoms with Crippen LogP contribution in [0.3, 0.4) is 0 Å². The van der Waals surface area contributed by atoms with Gasteiger partial charge in [0.05, 0.1) is 0 Å². The molecular formula is C13H17NO2. The highest BCUT2D eigenvalue weighted by Gasteiger charge is 1.99. The van der Waals surface area contributed by atoms with Gasteiger partial charge in [-0.2, -0.15) is 0 Å². The van der Waals surface area contributed by atoms with Crippen molar-refractivity contribution >= 4 is 0 Å². The number of benzene rings is 1. The summed E-state index contributed by atoms with van der Waals surface area (Å²) >= 11 is 0. The Morgan fingerprint density at radius 1 is 1.19 bits per heavy atom. The molecule has 86 valence electrons. The molecule has 1 aromatic carbocycles. The van der Waals surface area contributed by atoms with E-state index < -0.39 is 0 Å². The van der Waals surface area contributed by atoms with E-state index in [0.717, 1.165) is 37.9 Å². The zero-order valence-electron chi connectivity index (χ0n) is 9.24. The van der Waals surface area contributed by atoms with Gasteiger partial charge in [-0.1, -0.05) is 6.07 Å². The highest BCUT2D eigenvalue weighted by atomic mass is 16.3.